The number of hydrogen-bond acceptors (Lipinski definition) is 2. The van der Waals surface area contributed by atoms with E-state index >= 15 is 0 Å². The lowest BCUT2D eigenvalue weighted by Crippen LogP contribution is -1.98. The van der Waals surface area contributed by atoms with Gasteiger partial charge in [0.25, 0.3) is 0 Å². The maximum atomic E-state index is 13.7. The maximum absolute atomic E-state index is 13.7. The zero-order valence-electron chi connectivity index (χ0n) is 9.73. The number of para-hydroxylation sites is 1. The van der Waals surface area contributed by atoms with Gasteiger partial charge in [0.1, 0.15) is 5.75 Å². The molecule has 0 fully saturated rings. The second-order valence-electron chi connectivity index (χ2n) is 3.89. The summed E-state index contributed by atoms with van der Waals surface area (Å²) in [5.74, 6) is -0.0716. The van der Waals surface area contributed by atoms with E-state index in [4.69, 9.17) is 16.3 Å². The van der Waals surface area contributed by atoms with Crippen molar-refractivity contribution >= 4 is 11.6 Å². The monoisotopic (exact) mass is 266 g/mol. The Morgan fingerprint density at radius 2 is 1.94 bits per heavy atom. The van der Waals surface area contributed by atoms with E-state index < -0.39 is 11.9 Å². The Bertz CT molecular complexity index is 555. The Balaban J connectivity index is 2.39. The SMILES string of the molecule is C[C@H](O)c1cccc(F)c1Oc1cccc(Cl)c1. The minimum Gasteiger partial charge on any atom is -0.454 e. The fourth-order valence-electron chi connectivity index (χ4n) is 1.61. The summed E-state index contributed by atoms with van der Waals surface area (Å²) in [5.41, 5.74) is 0.398. The molecule has 0 saturated heterocycles. The third-order valence-electron chi connectivity index (χ3n) is 2.46. The molecule has 0 aromatic heterocycles. The molecule has 0 unspecified atom stereocenters. The molecule has 0 aliphatic carbocycles. The van der Waals surface area contributed by atoms with E-state index in [0.29, 0.717) is 16.3 Å². The normalized spacial score (nSPS) is 12.2. The first-order chi connectivity index (χ1) is 8.58. The standard InChI is InChI=1S/C14H12ClFO2/c1-9(17)12-6-3-7-13(16)14(12)18-11-5-2-4-10(15)8-11/h2-9,17H,1H3/t9-/m0/s1. The summed E-state index contributed by atoms with van der Waals surface area (Å²) in [5, 5.41) is 10.1. The van der Waals surface area contributed by atoms with Gasteiger partial charge in [-0.1, -0.05) is 29.8 Å². The molecule has 94 valence electrons. The van der Waals surface area contributed by atoms with Gasteiger partial charge in [-0.25, -0.2) is 4.39 Å². The predicted molar refractivity (Wildman–Crippen MR) is 68.6 cm³/mol. The van der Waals surface area contributed by atoms with Crippen molar-refractivity contribution in [3.05, 3.63) is 58.9 Å². The Labute approximate surface area is 110 Å². The van der Waals surface area contributed by atoms with E-state index in [0.717, 1.165) is 0 Å². The molecule has 18 heavy (non-hydrogen) atoms. The topological polar surface area (TPSA) is 29.5 Å². The first kappa shape index (κ1) is 12.9. The van der Waals surface area contributed by atoms with Crippen molar-refractivity contribution in [2.24, 2.45) is 0 Å². The second kappa shape index (κ2) is 5.38. The highest BCUT2D eigenvalue weighted by atomic mass is 35.5. The average molecular weight is 267 g/mol. The molecule has 1 N–H and O–H groups in total. The third kappa shape index (κ3) is 2.81. The molecule has 0 aliphatic rings. The highest BCUT2D eigenvalue weighted by Gasteiger charge is 2.14. The summed E-state index contributed by atoms with van der Waals surface area (Å²) in [7, 11) is 0. The largest absolute Gasteiger partial charge is 0.454 e. The van der Waals surface area contributed by atoms with Crippen molar-refractivity contribution < 1.29 is 14.2 Å². The van der Waals surface area contributed by atoms with Gasteiger partial charge in [0, 0.05) is 10.6 Å². The van der Waals surface area contributed by atoms with Crippen LogP contribution in [-0.4, -0.2) is 5.11 Å². The molecular weight excluding hydrogens is 255 g/mol. The molecule has 2 aromatic carbocycles. The van der Waals surface area contributed by atoms with Gasteiger partial charge in [-0.05, 0) is 31.2 Å². The average Bonchev–Trinajstić information content (AvgIpc) is 2.31. The molecule has 0 spiro atoms. The Morgan fingerprint density at radius 1 is 1.22 bits per heavy atom. The minimum atomic E-state index is -0.810. The molecule has 1 atom stereocenters. The van der Waals surface area contributed by atoms with Crippen LogP contribution in [0, 0.1) is 5.82 Å². The van der Waals surface area contributed by atoms with Crippen LogP contribution in [0.25, 0.3) is 0 Å². The Morgan fingerprint density at radius 3 is 2.61 bits per heavy atom. The smallest absolute Gasteiger partial charge is 0.168 e. The van der Waals surface area contributed by atoms with E-state index in [9.17, 15) is 9.50 Å². The molecule has 0 heterocycles. The number of rotatable bonds is 3. The van der Waals surface area contributed by atoms with Gasteiger partial charge in [-0.2, -0.15) is 0 Å². The lowest BCUT2D eigenvalue weighted by Gasteiger charge is -2.13. The fourth-order valence-corrected chi connectivity index (χ4v) is 1.79. The molecule has 0 saturated carbocycles. The minimum absolute atomic E-state index is 0.0229. The van der Waals surface area contributed by atoms with Gasteiger partial charge in [0.2, 0.25) is 0 Å². The first-order valence-electron chi connectivity index (χ1n) is 5.48. The molecule has 0 amide bonds. The third-order valence-corrected chi connectivity index (χ3v) is 2.70. The summed E-state index contributed by atoms with van der Waals surface area (Å²) in [4.78, 5) is 0. The molecule has 2 aromatic rings. The van der Waals surface area contributed by atoms with Crippen LogP contribution in [0.5, 0.6) is 11.5 Å². The van der Waals surface area contributed by atoms with Crippen LogP contribution < -0.4 is 4.74 Å². The van der Waals surface area contributed by atoms with Crippen LogP contribution in [0.3, 0.4) is 0 Å². The second-order valence-corrected chi connectivity index (χ2v) is 4.33. The van der Waals surface area contributed by atoms with E-state index in [2.05, 4.69) is 0 Å². The lowest BCUT2D eigenvalue weighted by atomic mass is 10.1. The summed E-state index contributed by atoms with van der Waals surface area (Å²) < 4.78 is 19.2. The molecule has 4 heteroatoms. The van der Waals surface area contributed by atoms with Crippen LogP contribution >= 0.6 is 11.6 Å². The van der Waals surface area contributed by atoms with Gasteiger partial charge in [0.05, 0.1) is 6.10 Å². The summed E-state index contributed by atoms with van der Waals surface area (Å²) in [6, 6.07) is 11.1. The van der Waals surface area contributed by atoms with Crippen molar-refractivity contribution in [1.82, 2.24) is 0 Å². The van der Waals surface area contributed by atoms with Gasteiger partial charge >= 0.3 is 0 Å². The van der Waals surface area contributed by atoms with E-state index in [-0.39, 0.29) is 5.75 Å². The van der Waals surface area contributed by atoms with Crippen LogP contribution in [-0.2, 0) is 0 Å². The van der Waals surface area contributed by atoms with E-state index in [1.807, 2.05) is 0 Å². The highest BCUT2D eigenvalue weighted by molar-refractivity contribution is 6.30. The van der Waals surface area contributed by atoms with Crippen molar-refractivity contribution in [3.8, 4) is 11.5 Å². The fraction of sp³-hybridized carbons (Fsp3) is 0.143. The van der Waals surface area contributed by atoms with Crippen LogP contribution in [0.15, 0.2) is 42.5 Å². The molecule has 0 bridgehead atoms. The lowest BCUT2D eigenvalue weighted by molar-refractivity contribution is 0.194. The number of benzene rings is 2. The summed E-state index contributed by atoms with van der Waals surface area (Å²) in [6.07, 6.45) is -0.810. The molecule has 2 rings (SSSR count). The quantitative estimate of drug-likeness (QED) is 0.896. The number of hydrogen-bond donors (Lipinski definition) is 1. The number of aliphatic hydroxyl groups excluding tert-OH is 1. The molecular formula is C14H12ClFO2. The van der Waals surface area contributed by atoms with Gasteiger partial charge in [-0.15, -0.1) is 0 Å². The number of aliphatic hydroxyl groups is 1. The zero-order valence-corrected chi connectivity index (χ0v) is 10.5. The van der Waals surface area contributed by atoms with Crippen molar-refractivity contribution in [2.75, 3.05) is 0 Å². The number of ether oxygens (including phenoxy) is 1. The van der Waals surface area contributed by atoms with Crippen LogP contribution in [0.4, 0.5) is 4.39 Å². The van der Waals surface area contributed by atoms with Gasteiger partial charge in [-0.3, -0.25) is 0 Å². The molecule has 0 radical (unpaired) electrons. The molecule has 2 nitrogen and oxygen atoms in total. The number of halogens is 2. The summed E-state index contributed by atoms with van der Waals surface area (Å²) >= 11 is 5.83. The Hall–Kier alpha value is -1.58. The zero-order chi connectivity index (χ0) is 13.1. The van der Waals surface area contributed by atoms with Crippen molar-refractivity contribution in [2.45, 2.75) is 13.0 Å². The van der Waals surface area contributed by atoms with Crippen LogP contribution in [0.2, 0.25) is 5.02 Å². The highest BCUT2D eigenvalue weighted by Crippen LogP contribution is 2.32. The van der Waals surface area contributed by atoms with E-state index in [1.54, 1.807) is 37.3 Å². The van der Waals surface area contributed by atoms with Crippen molar-refractivity contribution in [3.63, 3.8) is 0 Å². The first-order valence-corrected chi connectivity index (χ1v) is 5.85. The van der Waals surface area contributed by atoms with Crippen LogP contribution in [0.1, 0.15) is 18.6 Å². The van der Waals surface area contributed by atoms with Gasteiger partial charge < -0.3 is 9.84 Å². The van der Waals surface area contributed by atoms with E-state index in [1.165, 1.54) is 12.1 Å². The Kier molecular flexibility index (Phi) is 3.84. The van der Waals surface area contributed by atoms with Crippen molar-refractivity contribution in [1.29, 1.82) is 0 Å². The summed E-state index contributed by atoms with van der Waals surface area (Å²) in [6.45, 7) is 1.56. The predicted octanol–water partition coefficient (Wildman–Crippen LogP) is 4.32. The van der Waals surface area contributed by atoms with Gasteiger partial charge in [0.15, 0.2) is 11.6 Å². The molecule has 0 aliphatic heterocycles. The maximum Gasteiger partial charge on any atom is 0.168 e.